The van der Waals surface area contributed by atoms with Crippen LogP contribution in [-0.2, 0) is 11.2 Å². The molecule has 144 valence electrons. The van der Waals surface area contributed by atoms with Crippen molar-refractivity contribution in [3.8, 4) is 5.75 Å². The minimum atomic E-state index is 0.0376. The lowest BCUT2D eigenvalue weighted by molar-refractivity contribution is -0.122. The Labute approximate surface area is 171 Å². The molecule has 0 aromatic heterocycles. The Morgan fingerprint density at radius 1 is 0.862 bits per heavy atom. The molecule has 1 amide bonds. The third-order valence-electron chi connectivity index (χ3n) is 5.05. The van der Waals surface area contributed by atoms with Crippen LogP contribution in [0.25, 0.3) is 11.8 Å². The Balaban J connectivity index is 1.63. The summed E-state index contributed by atoms with van der Waals surface area (Å²) in [6.07, 6.45) is 4.74. The topological polar surface area (TPSA) is 29.5 Å². The highest BCUT2D eigenvalue weighted by atomic mass is 16.5. The number of carbonyl (C=O) groups is 1. The minimum absolute atomic E-state index is 0.0376. The molecule has 0 fully saturated rings. The van der Waals surface area contributed by atoms with Crippen LogP contribution in [0.1, 0.15) is 16.7 Å². The molecule has 0 atom stereocenters. The van der Waals surface area contributed by atoms with Gasteiger partial charge in [-0.25, -0.2) is 0 Å². The Morgan fingerprint density at radius 3 is 2.17 bits per heavy atom. The number of benzene rings is 3. The molecular formula is C26H23NO2. The molecule has 3 aromatic carbocycles. The highest BCUT2D eigenvalue weighted by Crippen LogP contribution is 2.31. The summed E-state index contributed by atoms with van der Waals surface area (Å²) >= 11 is 0. The lowest BCUT2D eigenvalue weighted by Crippen LogP contribution is -2.27. The van der Waals surface area contributed by atoms with E-state index in [0.29, 0.717) is 12.1 Å². The van der Waals surface area contributed by atoms with E-state index in [-0.39, 0.29) is 5.91 Å². The van der Waals surface area contributed by atoms with Crippen LogP contribution >= 0.6 is 0 Å². The maximum Gasteiger partial charge on any atom is 0.258 e. The monoisotopic (exact) mass is 381 g/mol. The van der Waals surface area contributed by atoms with Crippen molar-refractivity contribution in [3.05, 3.63) is 113 Å². The van der Waals surface area contributed by atoms with Crippen molar-refractivity contribution in [2.75, 3.05) is 13.7 Å². The molecule has 0 saturated heterocycles. The van der Waals surface area contributed by atoms with Crippen LogP contribution < -0.4 is 4.74 Å². The van der Waals surface area contributed by atoms with Gasteiger partial charge in [-0.05, 0) is 47.4 Å². The van der Waals surface area contributed by atoms with Crippen LogP contribution in [0.4, 0.5) is 0 Å². The summed E-state index contributed by atoms with van der Waals surface area (Å²) in [7, 11) is 1.65. The second-order valence-corrected chi connectivity index (χ2v) is 6.96. The average molecular weight is 381 g/mol. The zero-order valence-corrected chi connectivity index (χ0v) is 16.4. The summed E-state index contributed by atoms with van der Waals surface area (Å²) in [5.74, 6) is 0.838. The number of hydrogen-bond donors (Lipinski definition) is 0. The second-order valence-electron chi connectivity index (χ2n) is 6.96. The van der Waals surface area contributed by atoms with Crippen molar-refractivity contribution in [3.63, 3.8) is 0 Å². The van der Waals surface area contributed by atoms with Gasteiger partial charge in [-0.1, -0.05) is 72.8 Å². The normalized spacial score (nSPS) is 14.9. The van der Waals surface area contributed by atoms with Gasteiger partial charge in [0, 0.05) is 12.1 Å². The Morgan fingerprint density at radius 2 is 1.52 bits per heavy atom. The molecule has 0 spiro atoms. The number of hydrogen-bond acceptors (Lipinski definition) is 2. The predicted molar refractivity (Wildman–Crippen MR) is 117 cm³/mol. The van der Waals surface area contributed by atoms with Crippen molar-refractivity contribution in [1.82, 2.24) is 4.90 Å². The number of nitrogens with zero attached hydrogens (tertiary/aromatic N) is 1. The Bertz CT molecular complexity index is 1040. The fraction of sp³-hybridized carbons (Fsp3) is 0.115. The van der Waals surface area contributed by atoms with Crippen molar-refractivity contribution in [2.24, 2.45) is 0 Å². The zero-order valence-electron chi connectivity index (χ0n) is 16.4. The molecule has 3 nitrogen and oxygen atoms in total. The van der Waals surface area contributed by atoms with Crippen LogP contribution in [0.3, 0.4) is 0 Å². The molecule has 3 heteroatoms. The maximum absolute atomic E-state index is 13.2. The number of ether oxygens (including phenoxy) is 1. The summed E-state index contributed by atoms with van der Waals surface area (Å²) in [6, 6.07) is 28.1. The average Bonchev–Trinajstić information content (AvgIpc) is 3.09. The van der Waals surface area contributed by atoms with Gasteiger partial charge in [0.15, 0.2) is 0 Å². The van der Waals surface area contributed by atoms with E-state index >= 15 is 0 Å². The van der Waals surface area contributed by atoms with E-state index in [9.17, 15) is 4.79 Å². The van der Waals surface area contributed by atoms with Crippen molar-refractivity contribution in [1.29, 1.82) is 0 Å². The first-order chi connectivity index (χ1) is 14.2. The van der Waals surface area contributed by atoms with Gasteiger partial charge in [0.1, 0.15) is 5.75 Å². The molecular weight excluding hydrogens is 358 g/mol. The van der Waals surface area contributed by atoms with Gasteiger partial charge in [0.05, 0.1) is 12.8 Å². The molecule has 3 aromatic rings. The number of carbonyl (C=O) groups excluding carboxylic acids is 1. The van der Waals surface area contributed by atoms with Crippen molar-refractivity contribution >= 4 is 17.7 Å². The third-order valence-corrected chi connectivity index (χ3v) is 5.05. The summed E-state index contributed by atoms with van der Waals surface area (Å²) < 4.78 is 5.22. The third kappa shape index (κ3) is 4.30. The molecule has 4 rings (SSSR count). The summed E-state index contributed by atoms with van der Waals surface area (Å²) in [5.41, 5.74) is 4.89. The minimum Gasteiger partial charge on any atom is -0.497 e. The van der Waals surface area contributed by atoms with Crippen molar-refractivity contribution < 1.29 is 9.53 Å². The predicted octanol–water partition coefficient (Wildman–Crippen LogP) is 5.20. The van der Waals surface area contributed by atoms with Gasteiger partial charge < -0.3 is 9.64 Å². The molecule has 0 unspecified atom stereocenters. The van der Waals surface area contributed by atoms with E-state index in [1.807, 2.05) is 89.8 Å². The summed E-state index contributed by atoms with van der Waals surface area (Å²) in [6.45, 7) is 0.642. The Hall–Kier alpha value is -3.59. The first-order valence-corrected chi connectivity index (χ1v) is 9.73. The highest BCUT2D eigenvalue weighted by Gasteiger charge is 2.28. The molecule has 0 aliphatic carbocycles. The SMILES string of the molecule is COc1ccc(/C=C2\C=C(c3ccccc3)N(CCc3ccccc3)C2=O)cc1. The largest absolute Gasteiger partial charge is 0.497 e. The molecule has 0 radical (unpaired) electrons. The van der Waals surface area contributed by atoms with Crippen LogP contribution in [-0.4, -0.2) is 24.5 Å². The fourth-order valence-electron chi connectivity index (χ4n) is 3.49. The first kappa shape index (κ1) is 18.8. The Kier molecular flexibility index (Phi) is 5.57. The van der Waals surface area contributed by atoms with Crippen LogP contribution in [0.5, 0.6) is 5.75 Å². The molecule has 0 N–H and O–H groups in total. The van der Waals surface area contributed by atoms with Gasteiger partial charge >= 0.3 is 0 Å². The lowest BCUT2D eigenvalue weighted by Gasteiger charge is -2.20. The van der Waals surface area contributed by atoms with E-state index in [0.717, 1.165) is 29.0 Å². The van der Waals surface area contributed by atoms with E-state index in [4.69, 9.17) is 4.74 Å². The van der Waals surface area contributed by atoms with Gasteiger partial charge in [-0.3, -0.25) is 4.79 Å². The standard InChI is InChI=1S/C26H23NO2/c1-29-24-14-12-21(13-15-24)18-23-19-25(22-10-6-3-7-11-22)27(26(23)28)17-16-20-8-4-2-5-9-20/h2-15,18-19H,16-17H2,1H3/b23-18+. The molecule has 1 aliphatic heterocycles. The first-order valence-electron chi connectivity index (χ1n) is 9.73. The van der Waals surface area contributed by atoms with Crippen LogP contribution in [0.15, 0.2) is 96.6 Å². The van der Waals surface area contributed by atoms with Gasteiger partial charge in [0.25, 0.3) is 5.91 Å². The number of amides is 1. The number of methoxy groups -OCH3 is 1. The van der Waals surface area contributed by atoms with Gasteiger partial charge in [-0.2, -0.15) is 0 Å². The number of rotatable bonds is 6. The van der Waals surface area contributed by atoms with E-state index in [1.165, 1.54) is 5.56 Å². The van der Waals surface area contributed by atoms with E-state index in [1.54, 1.807) is 7.11 Å². The van der Waals surface area contributed by atoms with Gasteiger partial charge in [0.2, 0.25) is 0 Å². The zero-order chi connectivity index (χ0) is 20.1. The smallest absolute Gasteiger partial charge is 0.258 e. The molecule has 29 heavy (non-hydrogen) atoms. The fourth-order valence-corrected chi connectivity index (χ4v) is 3.49. The van der Waals surface area contributed by atoms with Gasteiger partial charge in [-0.15, -0.1) is 0 Å². The molecule has 1 heterocycles. The second kappa shape index (κ2) is 8.61. The van der Waals surface area contributed by atoms with Crippen LogP contribution in [0.2, 0.25) is 0 Å². The quantitative estimate of drug-likeness (QED) is 0.549. The molecule has 0 bridgehead atoms. The molecule has 1 aliphatic rings. The van der Waals surface area contributed by atoms with E-state index < -0.39 is 0 Å². The molecule has 0 saturated carbocycles. The highest BCUT2D eigenvalue weighted by molar-refractivity contribution is 6.10. The summed E-state index contributed by atoms with van der Waals surface area (Å²) in [4.78, 5) is 15.1. The maximum atomic E-state index is 13.2. The van der Waals surface area contributed by atoms with Crippen molar-refractivity contribution in [2.45, 2.75) is 6.42 Å². The van der Waals surface area contributed by atoms with E-state index in [2.05, 4.69) is 12.1 Å². The lowest BCUT2D eigenvalue weighted by atomic mass is 10.1. The summed E-state index contributed by atoms with van der Waals surface area (Å²) in [5, 5.41) is 0. The van der Waals surface area contributed by atoms with Crippen LogP contribution in [0, 0.1) is 0 Å².